The minimum Gasteiger partial charge on any atom is -0.467 e. The molecule has 0 saturated heterocycles. The van der Waals surface area contributed by atoms with Gasteiger partial charge in [-0.05, 0) is 34.7 Å². The molecular weight excluding hydrogens is 296 g/mol. The van der Waals surface area contributed by atoms with Crippen LogP contribution in [0.25, 0.3) is 11.4 Å². The van der Waals surface area contributed by atoms with E-state index in [4.69, 9.17) is 4.42 Å². The van der Waals surface area contributed by atoms with Crippen LogP contribution in [0.3, 0.4) is 0 Å². The Morgan fingerprint density at radius 1 is 1.30 bits per heavy atom. The second-order valence-corrected chi connectivity index (χ2v) is 4.92. The normalized spacial score (nSPS) is 10.5. The highest BCUT2D eigenvalue weighted by atomic mass is 16.3. The number of aryl methyl sites for hydroxylation is 1. The van der Waals surface area contributed by atoms with Crippen LogP contribution < -0.4 is 10.6 Å². The lowest BCUT2D eigenvalue weighted by molar-refractivity contribution is -0.119. The molecule has 0 unspecified atom stereocenters. The molecule has 23 heavy (non-hydrogen) atoms. The van der Waals surface area contributed by atoms with E-state index in [0.29, 0.717) is 12.4 Å². The fourth-order valence-electron chi connectivity index (χ4n) is 2.09. The van der Waals surface area contributed by atoms with E-state index in [9.17, 15) is 4.79 Å². The van der Waals surface area contributed by atoms with Crippen molar-refractivity contribution >= 4 is 11.6 Å². The highest BCUT2D eigenvalue weighted by Crippen LogP contribution is 2.19. The number of tetrazole rings is 1. The molecule has 1 aromatic carbocycles. The van der Waals surface area contributed by atoms with E-state index in [1.165, 1.54) is 0 Å². The lowest BCUT2D eigenvalue weighted by Gasteiger charge is -2.08. The van der Waals surface area contributed by atoms with Crippen LogP contribution in [0.2, 0.25) is 0 Å². The number of benzene rings is 1. The predicted octanol–water partition coefficient (Wildman–Crippen LogP) is 1.20. The maximum Gasteiger partial charge on any atom is 0.239 e. The molecule has 0 bridgehead atoms. The Morgan fingerprint density at radius 3 is 2.96 bits per heavy atom. The lowest BCUT2D eigenvalue weighted by atomic mass is 10.2. The van der Waals surface area contributed by atoms with Gasteiger partial charge in [-0.2, -0.15) is 0 Å². The maximum absolute atomic E-state index is 11.8. The van der Waals surface area contributed by atoms with Crippen molar-refractivity contribution in [3.8, 4) is 11.4 Å². The summed E-state index contributed by atoms with van der Waals surface area (Å²) in [7, 11) is 1.78. The third-order valence-corrected chi connectivity index (χ3v) is 3.23. The fourth-order valence-corrected chi connectivity index (χ4v) is 2.09. The second-order valence-electron chi connectivity index (χ2n) is 4.92. The Morgan fingerprint density at radius 2 is 2.22 bits per heavy atom. The molecule has 2 aromatic heterocycles. The molecule has 0 aliphatic carbocycles. The average molecular weight is 312 g/mol. The first-order valence-electron chi connectivity index (χ1n) is 7.08. The number of furan rings is 1. The van der Waals surface area contributed by atoms with E-state index in [-0.39, 0.29) is 12.5 Å². The largest absolute Gasteiger partial charge is 0.467 e. The Hall–Kier alpha value is -3.16. The van der Waals surface area contributed by atoms with Crippen LogP contribution >= 0.6 is 0 Å². The molecule has 1 amide bonds. The standard InChI is InChI=1S/C15H16N6O2/c1-21-15(18-19-20-21)11-4-2-5-12(8-11)16-10-14(22)17-9-13-6-3-7-23-13/h2-8,16H,9-10H2,1H3,(H,17,22). The molecule has 0 fully saturated rings. The van der Waals surface area contributed by atoms with Crippen LogP contribution in [0.15, 0.2) is 47.1 Å². The summed E-state index contributed by atoms with van der Waals surface area (Å²) in [5, 5.41) is 17.2. The molecular formula is C15H16N6O2. The third kappa shape index (κ3) is 3.73. The number of carbonyl (C=O) groups is 1. The number of aromatic nitrogens is 4. The Kier molecular flexibility index (Phi) is 4.32. The smallest absolute Gasteiger partial charge is 0.239 e. The van der Waals surface area contributed by atoms with Crippen molar-refractivity contribution in [2.75, 3.05) is 11.9 Å². The minimum absolute atomic E-state index is 0.118. The summed E-state index contributed by atoms with van der Waals surface area (Å²) >= 11 is 0. The molecule has 0 aliphatic rings. The SMILES string of the molecule is Cn1nnnc1-c1cccc(NCC(=O)NCc2ccco2)c1. The number of amides is 1. The van der Waals surface area contributed by atoms with E-state index in [1.54, 1.807) is 24.1 Å². The van der Waals surface area contributed by atoms with Crippen LogP contribution in [0, 0.1) is 0 Å². The zero-order valence-electron chi connectivity index (χ0n) is 12.6. The summed E-state index contributed by atoms with van der Waals surface area (Å²) in [6, 6.07) is 11.2. The van der Waals surface area contributed by atoms with Gasteiger partial charge in [-0.15, -0.1) is 5.10 Å². The highest BCUT2D eigenvalue weighted by molar-refractivity contribution is 5.80. The van der Waals surface area contributed by atoms with Crippen molar-refractivity contribution in [3.63, 3.8) is 0 Å². The summed E-state index contributed by atoms with van der Waals surface area (Å²) < 4.78 is 6.75. The van der Waals surface area contributed by atoms with Crippen molar-refractivity contribution in [1.82, 2.24) is 25.5 Å². The average Bonchev–Trinajstić information content (AvgIpc) is 3.22. The highest BCUT2D eigenvalue weighted by Gasteiger charge is 2.07. The summed E-state index contributed by atoms with van der Waals surface area (Å²) in [6.45, 7) is 0.541. The molecule has 118 valence electrons. The van der Waals surface area contributed by atoms with Crippen molar-refractivity contribution in [1.29, 1.82) is 0 Å². The van der Waals surface area contributed by atoms with E-state index >= 15 is 0 Å². The van der Waals surface area contributed by atoms with Gasteiger partial charge >= 0.3 is 0 Å². The van der Waals surface area contributed by atoms with Gasteiger partial charge in [0, 0.05) is 18.3 Å². The van der Waals surface area contributed by atoms with Gasteiger partial charge in [0.2, 0.25) is 5.91 Å². The molecule has 0 spiro atoms. The molecule has 8 heteroatoms. The zero-order valence-corrected chi connectivity index (χ0v) is 12.6. The third-order valence-electron chi connectivity index (χ3n) is 3.23. The summed E-state index contributed by atoms with van der Waals surface area (Å²) in [5.74, 6) is 1.26. The van der Waals surface area contributed by atoms with Crippen molar-refractivity contribution < 1.29 is 9.21 Å². The molecule has 0 radical (unpaired) electrons. The molecule has 3 rings (SSSR count). The lowest BCUT2D eigenvalue weighted by Crippen LogP contribution is -2.29. The number of rotatable bonds is 6. The van der Waals surface area contributed by atoms with E-state index in [2.05, 4.69) is 26.2 Å². The van der Waals surface area contributed by atoms with Crippen molar-refractivity contribution in [2.45, 2.75) is 6.54 Å². The molecule has 8 nitrogen and oxygen atoms in total. The Balaban J connectivity index is 1.56. The number of hydrogen-bond acceptors (Lipinski definition) is 6. The van der Waals surface area contributed by atoms with Gasteiger partial charge in [-0.1, -0.05) is 12.1 Å². The first-order valence-corrected chi connectivity index (χ1v) is 7.08. The molecule has 0 atom stereocenters. The van der Waals surface area contributed by atoms with Crippen LogP contribution in [-0.4, -0.2) is 32.7 Å². The second kappa shape index (κ2) is 6.73. The van der Waals surface area contributed by atoms with Gasteiger partial charge in [-0.3, -0.25) is 4.79 Å². The Bertz CT molecular complexity index is 781. The number of carbonyl (C=O) groups excluding carboxylic acids is 1. The molecule has 3 aromatic rings. The monoisotopic (exact) mass is 312 g/mol. The first-order chi connectivity index (χ1) is 11.2. The molecule has 0 saturated carbocycles. The van der Waals surface area contributed by atoms with E-state index in [1.807, 2.05) is 30.3 Å². The number of anilines is 1. The topological polar surface area (TPSA) is 97.9 Å². The van der Waals surface area contributed by atoms with E-state index in [0.717, 1.165) is 17.0 Å². The minimum atomic E-state index is -0.118. The van der Waals surface area contributed by atoms with Gasteiger partial charge < -0.3 is 15.1 Å². The maximum atomic E-state index is 11.8. The number of hydrogen-bond donors (Lipinski definition) is 2. The van der Waals surface area contributed by atoms with Gasteiger partial charge in [-0.25, -0.2) is 4.68 Å². The number of nitrogens with zero attached hydrogens (tertiary/aromatic N) is 4. The van der Waals surface area contributed by atoms with Crippen LogP contribution in [-0.2, 0) is 18.4 Å². The van der Waals surface area contributed by atoms with Crippen molar-refractivity contribution in [3.05, 3.63) is 48.4 Å². The Labute approximate surface area is 132 Å². The molecule has 2 heterocycles. The zero-order chi connectivity index (χ0) is 16.1. The van der Waals surface area contributed by atoms with Crippen LogP contribution in [0.5, 0.6) is 0 Å². The first kappa shape index (κ1) is 14.8. The molecule has 2 N–H and O–H groups in total. The van der Waals surface area contributed by atoms with E-state index < -0.39 is 0 Å². The van der Waals surface area contributed by atoms with Crippen LogP contribution in [0.1, 0.15) is 5.76 Å². The van der Waals surface area contributed by atoms with Gasteiger partial charge in [0.25, 0.3) is 0 Å². The quantitative estimate of drug-likeness (QED) is 0.710. The predicted molar refractivity (Wildman–Crippen MR) is 83.3 cm³/mol. The van der Waals surface area contributed by atoms with Gasteiger partial charge in [0.1, 0.15) is 5.76 Å². The summed E-state index contributed by atoms with van der Waals surface area (Å²) in [6.07, 6.45) is 1.58. The summed E-state index contributed by atoms with van der Waals surface area (Å²) in [5.41, 5.74) is 1.69. The van der Waals surface area contributed by atoms with Crippen molar-refractivity contribution in [2.24, 2.45) is 7.05 Å². The van der Waals surface area contributed by atoms with Gasteiger partial charge in [0.05, 0.1) is 19.4 Å². The molecule has 0 aliphatic heterocycles. The fraction of sp³-hybridized carbons (Fsp3) is 0.200. The van der Waals surface area contributed by atoms with Gasteiger partial charge in [0.15, 0.2) is 5.82 Å². The van der Waals surface area contributed by atoms with Crippen LogP contribution in [0.4, 0.5) is 5.69 Å². The summed E-state index contributed by atoms with van der Waals surface area (Å²) in [4.78, 5) is 11.8. The number of nitrogens with one attached hydrogen (secondary N) is 2.